The molecule has 1 saturated heterocycles. The van der Waals surface area contributed by atoms with E-state index in [0.717, 1.165) is 38.9 Å². The van der Waals surface area contributed by atoms with E-state index in [0.29, 0.717) is 12.5 Å². The molecule has 1 amide bonds. The monoisotopic (exact) mass is 320 g/mol. The number of methoxy groups -OCH3 is 1. The zero-order chi connectivity index (χ0) is 14.8. The SMILES string of the molecule is CCCCC(CC)CNC(=O)C1(COC)CCNCC1.Cl. The molecule has 1 atom stereocenters. The van der Waals surface area contributed by atoms with Crippen LogP contribution in [-0.4, -0.2) is 39.3 Å². The van der Waals surface area contributed by atoms with Gasteiger partial charge >= 0.3 is 0 Å². The number of ether oxygens (including phenoxy) is 1. The van der Waals surface area contributed by atoms with Crippen molar-refractivity contribution in [1.82, 2.24) is 10.6 Å². The highest BCUT2D eigenvalue weighted by atomic mass is 35.5. The van der Waals surface area contributed by atoms with Crippen molar-refractivity contribution in [3.8, 4) is 0 Å². The lowest BCUT2D eigenvalue weighted by Gasteiger charge is -2.36. The average Bonchev–Trinajstić information content (AvgIpc) is 2.48. The fourth-order valence-electron chi connectivity index (χ4n) is 2.99. The minimum absolute atomic E-state index is 0. The van der Waals surface area contributed by atoms with Gasteiger partial charge in [-0.2, -0.15) is 0 Å². The summed E-state index contributed by atoms with van der Waals surface area (Å²) < 4.78 is 5.32. The third-order valence-electron chi connectivity index (χ3n) is 4.56. The lowest BCUT2D eigenvalue weighted by atomic mass is 9.78. The van der Waals surface area contributed by atoms with Gasteiger partial charge in [-0.15, -0.1) is 12.4 Å². The van der Waals surface area contributed by atoms with Crippen LogP contribution < -0.4 is 10.6 Å². The molecule has 126 valence electrons. The van der Waals surface area contributed by atoms with E-state index in [-0.39, 0.29) is 23.7 Å². The van der Waals surface area contributed by atoms with Crippen molar-refractivity contribution in [2.45, 2.75) is 52.4 Å². The van der Waals surface area contributed by atoms with Crippen LogP contribution in [0.1, 0.15) is 52.4 Å². The molecule has 0 saturated carbocycles. The number of hydrogen-bond acceptors (Lipinski definition) is 3. The fourth-order valence-corrected chi connectivity index (χ4v) is 2.99. The summed E-state index contributed by atoms with van der Waals surface area (Å²) in [6.45, 7) is 7.59. The number of amides is 1. The van der Waals surface area contributed by atoms with Crippen molar-refractivity contribution >= 4 is 18.3 Å². The van der Waals surface area contributed by atoms with Crippen LogP contribution in [0.15, 0.2) is 0 Å². The first kappa shape index (κ1) is 20.7. The molecule has 2 N–H and O–H groups in total. The van der Waals surface area contributed by atoms with E-state index in [1.165, 1.54) is 19.3 Å². The molecule has 0 aromatic rings. The summed E-state index contributed by atoms with van der Waals surface area (Å²) in [6.07, 6.45) is 6.58. The Bertz CT molecular complexity index is 276. The van der Waals surface area contributed by atoms with Gasteiger partial charge in [0.15, 0.2) is 0 Å². The lowest BCUT2D eigenvalue weighted by molar-refractivity contribution is -0.136. The van der Waals surface area contributed by atoms with E-state index in [1.807, 2.05) is 0 Å². The molecule has 1 aliphatic heterocycles. The molecular formula is C16H33ClN2O2. The van der Waals surface area contributed by atoms with Crippen LogP contribution in [0.25, 0.3) is 0 Å². The molecular weight excluding hydrogens is 288 g/mol. The second-order valence-electron chi connectivity index (χ2n) is 6.09. The van der Waals surface area contributed by atoms with Crippen LogP contribution in [0.5, 0.6) is 0 Å². The second-order valence-corrected chi connectivity index (χ2v) is 6.09. The zero-order valence-electron chi connectivity index (χ0n) is 13.9. The maximum atomic E-state index is 12.6. The first-order chi connectivity index (χ1) is 9.68. The highest BCUT2D eigenvalue weighted by Gasteiger charge is 2.39. The van der Waals surface area contributed by atoms with Crippen molar-refractivity contribution in [3.63, 3.8) is 0 Å². The molecule has 0 aromatic heterocycles. The molecule has 1 rings (SSSR count). The Morgan fingerprint density at radius 2 is 2.00 bits per heavy atom. The molecule has 1 fully saturated rings. The Hall–Kier alpha value is -0.320. The maximum Gasteiger partial charge on any atom is 0.228 e. The Morgan fingerprint density at radius 1 is 1.33 bits per heavy atom. The summed E-state index contributed by atoms with van der Waals surface area (Å²) in [5, 5.41) is 6.51. The van der Waals surface area contributed by atoms with Gasteiger partial charge in [0.1, 0.15) is 0 Å². The predicted molar refractivity (Wildman–Crippen MR) is 90.0 cm³/mol. The molecule has 0 spiro atoms. The number of hydrogen-bond donors (Lipinski definition) is 2. The number of nitrogens with one attached hydrogen (secondary N) is 2. The van der Waals surface area contributed by atoms with Crippen LogP contribution in [0.3, 0.4) is 0 Å². The number of unbranched alkanes of at least 4 members (excludes halogenated alkanes) is 1. The number of piperidine rings is 1. The summed E-state index contributed by atoms with van der Waals surface area (Å²) in [4.78, 5) is 12.6. The van der Waals surface area contributed by atoms with Gasteiger partial charge in [-0.3, -0.25) is 4.79 Å². The molecule has 1 aliphatic rings. The van der Waals surface area contributed by atoms with Crippen molar-refractivity contribution in [2.75, 3.05) is 33.4 Å². The number of carbonyl (C=O) groups excluding carboxylic acids is 1. The van der Waals surface area contributed by atoms with Crippen molar-refractivity contribution in [3.05, 3.63) is 0 Å². The lowest BCUT2D eigenvalue weighted by Crippen LogP contribution is -2.50. The van der Waals surface area contributed by atoms with E-state index in [9.17, 15) is 4.79 Å². The number of carbonyl (C=O) groups is 1. The minimum atomic E-state index is -0.316. The third-order valence-corrected chi connectivity index (χ3v) is 4.56. The smallest absolute Gasteiger partial charge is 0.228 e. The van der Waals surface area contributed by atoms with Crippen molar-refractivity contribution in [1.29, 1.82) is 0 Å². The van der Waals surface area contributed by atoms with E-state index in [1.54, 1.807) is 7.11 Å². The molecule has 5 heteroatoms. The first-order valence-electron chi connectivity index (χ1n) is 8.16. The molecule has 4 nitrogen and oxygen atoms in total. The number of halogens is 1. The average molecular weight is 321 g/mol. The van der Waals surface area contributed by atoms with Gasteiger partial charge in [-0.05, 0) is 38.3 Å². The maximum absolute atomic E-state index is 12.6. The Morgan fingerprint density at radius 3 is 2.52 bits per heavy atom. The fraction of sp³-hybridized carbons (Fsp3) is 0.938. The van der Waals surface area contributed by atoms with Crippen molar-refractivity contribution < 1.29 is 9.53 Å². The van der Waals surface area contributed by atoms with Crippen LogP contribution in [0.4, 0.5) is 0 Å². The van der Waals surface area contributed by atoms with Gasteiger partial charge in [-0.25, -0.2) is 0 Å². The zero-order valence-corrected chi connectivity index (χ0v) is 14.7. The predicted octanol–water partition coefficient (Wildman–Crippen LogP) is 2.76. The van der Waals surface area contributed by atoms with Crippen LogP contribution in [0.2, 0.25) is 0 Å². The normalized spacial score (nSPS) is 18.6. The minimum Gasteiger partial charge on any atom is -0.384 e. The molecule has 0 radical (unpaired) electrons. The molecule has 21 heavy (non-hydrogen) atoms. The van der Waals surface area contributed by atoms with Gasteiger partial charge in [0, 0.05) is 13.7 Å². The van der Waals surface area contributed by atoms with Crippen molar-refractivity contribution in [2.24, 2.45) is 11.3 Å². The van der Waals surface area contributed by atoms with Crippen LogP contribution >= 0.6 is 12.4 Å². The first-order valence-corrected chi connectivity index (χ1v) is 8.16. The van der Waals surface area contributed by atoms with Gasteiger partial charge in [0.05, 0.1) is 12.0 Å². The molecule has 0 bridgehead atoms. The summed E-state index contributed by atoms with van der Waals surface area (Å²) in [6, 6.07) is 0. The van der Waals surface area contributed by atoms with Gasteiger partial charge in [0.2, 0.25) is 5.91 Å². The van der Waals surface area contributed by atoms with Crippen LogP contribution in [-0.2, 0) is 9.53 Å². The largest absolute Gasteiger partial charge is 0.384 e. The van der Waals surface area contributed by atoms with E-state index in [2.05, 4.69) is 24.5 Å². The second kappa shape index (κ2) is 11.3. The highest BCUT2D eigenvalue weighted by molar-refractivity contribution is 5.85. The Labute approximate surface area is 136 Å². The van der Waals surface area contributed by atoms with E-state index in [4.69, 9.17) is 4.74 Å². The third kappa shape index (κ3) is 6.54. The summed E-state index contributed by atoms with van der Waals surface area (Å²) in [5.41, 5.74) is -0.316. The topological polar surface area (TPSA) is 50.4 Å². The van der Waals surface area contributed by atoms with Gasteiger partial charge < -0.3 is 15.4 Å². The van der Waals surface area contributed by atoms with E-state index < -0.39 is 0 Å². The summed E-state index contributed by atoms with van der Waals surface area (Å²) in [5.74, 6) is 0.802. The molecule has 1 unspecified atom stereocenters. The standard InChI is InChI=1S/C16H32N2O2.ClH/c1-4-6-7-14(5-2)12-18-15(19)16(13-20-3)8-10-17-11-9-16;/h14,17H,4-13H2,1-3H3,(H,18,19);1H. The van der Waals surface area contributed by atoms with Crippen LogP contribution in [0, 0.1) is 11.3 Å². The Kier molecular flexibility index (Phi) is 11.1. The molecule has 0 aliphatic carbocycles. The summed E-state index contributed by atoms with van der Waals surface area (Å²) >= 11 is 0. The number of rotatable bonds is 9. The molecule has 0 aromatic carbocycles. The summed E-state index contributed by atoms with van der Waals surface area (Å²) in [7, 11) is 1.69. The Balaban J connectivity index is 0.00000400. The van der Waals surface area contributed by atoms with Gasteiger partial charge in [-0.1, -0.05) is 33.1 Å². The van der Waals surface area contributed by atoms with Gasteiger partial charge in [0.25, 0.3) is 0 Å². The molecule has 1 heterocycles. The highest BCUT2D eigenvalue weighted by Crippen LogP contribution is 2.29. The quantitative estimate of drug-likeness (QED) is 0.687. The van der Waals surface area contributed by atoms with E-state index >= 15 is 0 Å².